The van der Waals surface area contributed by atoms with Gasteiger partial charge in [0.15, 0.2) is 11.5 Å². The molecule has 0 unspecified atom stereocenters. The monoisotopic (exact) mass is 382 g/mol. The number of benzene rings is 1. The molecule has 144 valence electrons. The lowest BCUT2D eigenvalue weighted by Gasteiger charge is -2.31. The van der Waals surface area contributed by atoms with Crippen LogP contribution in [0.15, 0.2) is 24.3 Å². The lowest BCUT2D eigenvalue weighted by atomic mass is 10.1. The number of piperidine rings is 1. The second kappa shape index (κ2) is 9.05. The third kappa shape index (κ3) is 6.03. The average molecular weight is 382 g/mol. The van der Waals surface area contributed by atoms with Gasteiger partial charge < -0.3 is 14.4 Å². The van der Waals surface area contributed by atoms with Crippen LogP contribution in [0.2, 0.25) is 0 Å². The third-order valence-electron chi connectivity index (χ3n) is 4.09. The van der Waals surface area contributed by atoms with E-state index < -0.39 is 10.0 Å². The number of carbonyl (C=O) groups excluding carboxylic acids is 1. The van der Waals surface area contributed by atoms with Crippen LogP contribution in [0.5, 0.6) is 11.5 Å². The predicted octanol–water partition coefficient (Wildman–Crippen LogP) is 1.65. The van der Waals surface area contributed by atoms with Gasteiger partial charge in [0.25, 0.3) is 0 Å². The van der Waals surface area contributed by atoms with Gasteiger partial charge in [0.05, 0.1) is 20.0 Å². The largest absolute Gasteiger partial charge is 0.493 e. The fourth-order valence-corrected chi connectivity index (χ4v) is 3.70. The van der Waals surface area contributed by atoms with Gasteiger partial charge in [-0.05, 0) is 43.5 Å². The Morgan fingerprint density at radius 2 is 2.00 bits per heavy atom. The maximum atomic E-state index is 12.3. The standard InChI is InChI=1S/C18H26N2O5S/c1-4-25-16-7-5-14(13-17(16)24-2)6-8-18(21)20-11-9-15(10-12-20)19-26(3,22)23/h5-8,13,15,19H,4,9-12H2,1-3H3/b8-6+. The summed E-state index contributed by atoms with van der Waals surface area (Å²) in [6.07, 6.45) is 5.65. The Kier molecular flexibility index (Phi) is 7.05. The SMILES string of the molecule is CCOc1ccc(/C=C/C(=O)N2CCC(NS(C)(=O)=O)CC2)cc1OC. The van der Waals surface area contributed by atoms with Crippen LogP contribution in [-0.4, -0.2) is 58.3 Å². The van der Waals surface area contributed by atoms with Crippen LogP contribution >= 0.6 is 0 Å². The van der Waals surface area contributed by atoms with Crippen LogP contribution < -0.4 is 14.2 Å². The Hall–Kier alpha value is -2.06. The maximum Gasteiger partial charge on any atom is 0.246 e. The molecule has 1 aromatic carbocycles. The molecule has 0 aliphatic carbocycles. The van der Waals surface area contributed by atoms with Crippen molar-refractivity contribution in [3.05, 3.63) is 29.8 Å². The molecule has 26 heavy (non-hydrogen) atoms. The van der Waals surface area contributed by atoms with Gasteiger partial charge in [0.2, 0.25) is 15.9 Å². The summed E-state index contributed by atoms with van der Waals surface area (Å²) in [5, 5.41) is 0. The number of amides is 1. The molecule has 7 nitrogen and oxygen atoms in total. The molecule has 1 aliphatic rings. The van der Waals surface area contributed by atoms with Crippen LogP contribution in [-0.2, 0) is 14.8 Å². The summed E-state index contributed by atoms with van der Waals surface area (Å²) in [6.45, 7) is 3.51. The zero-order valence-electron chi connectivity index (χ0n) is 15.4. The number of nitrogens with zero attached hydrogens (tertiary/aromatic N) is 1. The number of nitrogens with one attached hydrogen (secondary N) is 1. The van der Waals surface area contributed by atoms with E-state index in [1.807, 2.05) is 25.1 Å². The molecule has 1 saturated heterocycles. The van der Waals surface area contributed by atoms with E-state index in [0.29, 0.717) is 44.0 Å². The number of sulfonamides is 1. The summed E-state index contributed by atoms with van der Waals surface area (Å²) in [5.41, 5.74) is 0.840. The Bertz CT molecular complexity index is 753. The molecular formula is C18H26N2O5S. The van der Waals surface area contributed by atoms with Gasteiger partial charge in [-0.3, -0.25) is 4.79 Å². The van der Waals surface area contributed by atoms with Gasteiger partial charge >= 0.3 is 0 Å². The molecule has 2 rings (SSSR count). The first-order valence-electron chi connectivity index (χ1n) is 8.57. The molecule has 8 heteroatoms. The molecule has 0 spiro atoms. The third-order valence-corrected chi connectivity index (χ3v) is 4.85. The first-order chi connectivity index (χ1) is 12.3. The zero-order chi connectivity index (χ0) is 19.2. The Labute approximate surface area is 155 Å². The van der Waals surface area contributed by atoms with E-state index in [0.717, 1.165) is 11.8 Å². The summed E-state index contributed by atoms with van der Waals surface area (Å²) in [7, 11) is -1.64. The Balaban J connectivity index is 1.93. The zero-order valence-corrected chi connectivity index (χ0v) is 16.2. The summed E-state index contributed by atoms with van der Waals surface area (Å²) >= 11 is 0. The van der Waals surface area contributed by atoms with E-state index in [9.17, 15) is 13.2 Å². The Morgan fingerprint density at radius 1 is 1.31 bits per heavy atom. The van der Waals surface area contributed by atoms with Gasteiger partial charge in [0, 0.05) is 25.2 Å². The van der Waals surface area contributed by atoms with Gasteiger partial charge in [-0.2, -0.15) is 0 Å². The molecule has 0 bridgehead atoms. The van der Waals surface area contributed by atoms with Crippen LogP contribution in [0.1, 0.15) is 25.3 Å². The van der Waals surface area contributed by atoms with E-state index >= 15 is 0 Å². The average Bonchev–Trinajstić information content (AvgIpc) is 2.60. The smallest absolute Gasteiger partial charge is 0.246 e. The molecule has 0 radical (unpaired) electrons. The van der Waals surface area contributed by atoms with Crippen molar-refractivity contribution in [1.29, 1.82) is 0 Å². The van der Waals surface area contributed by atoms with E-state index in [1.54, 1.807) is 18.1 Å². The minimum atomic E-state index is -3.21. The first kappa shape index (κ1) is 20.3. The lowest BCUT2D eigenvalue weighted by molar-refractivity contribution is -0.126. The number of hydrogen-bond donors (Lipinski definition) is 1. The van der Waals surface area contributed by atoms with Crippen LogP contribution in [0.3, 0.4) is 0 Å². The molecule has 1 aliphatic heterocycles. The lowest BCUT2D eigenvalue weighted by Crippen LogP contribution is -2.45. The van der Waals surface area contributed by atoms with E-state index in [4.69, 9.17) is 9.47 Å². The van der Waals surface area contributed by atoms with Gasteiger partial charge in [-0.15, -0.1) is 0 Å². The van der Waals surface area contributed by atoms with Crippen molar-refractivity contribution in [2.45, 2.75) is 25.8 Å². The number of carbonyl (C=O) groups is 1. The van der Waals surface area contributed by atoms with Crippen LogP contribution in [0, 0.1) is 0 Å². The molecule has 1 N–H and O–H groups in total. The summed E-state index contributed by atoms with van der Waals surface area (Å²) < 4.78 is 35.9. The highest BCUT2D eigenvalue weighted by Crippen LogP contribution is 2.28. The minimum Gasteiger partial charge on any atom is -0.493 e. The fourth-order valence-electron chi connectivity index (χ4n) is 2.86. The van der Waals surface area contributed by atoms with Crippen LogP contribution in [0.4, 0.5) is 0 Å². The highest BCUT2D eigenvalue weighted by molar-refractivity contribution is 7.88. The van der Waals surface area contributed by atoms with E-state index in [2.05, 4.69) is 4.72 Å². The van der Waals surface area contributed by atoms with Gasteiger partial charge in [-0.1, -0.05) is 6.07 Å². The molecule has 0 atom stereocenters. The normalized spacial score (nSPS) is 16.0. The number of hydrogen-bond acceptors (Lipinski definition) is 5. The van der Waals surface area contributed by atoms with E-state index in [1.165, 1.54) is 6.08 Å². The Morgan fingerprint density at radius 3 is 2.58 bits per heavy atom. The second-order valence-corrected chi connectivity index (χ2v) is 7.95. The van der Waals surface area contributed by atoms with Crippen LogP contribution in [0.25, 0.3) is 6.08 Å². The van der Waals surface area contributed by atoms with E-state index in [-0.39, 0.29) is 11.9 Å². The molecular weight excluding hydrogens is 356 g/mol. The summed E-state index contributed by atoms with van der Waals surface area (Å²) in [4.78, 5) is 14.1. The van der Waals surface area contributed by atoms with Gasteiger partial charge in [-0.25, -0.2) is 13.1 Å². The number of ether oxygens (including phenoxy) is 2. The highest BCUT2D eigenvalue weighted by Gasteiger charge is 2.23. The minimum absolute atomic E-state index is 0.0874. The number of rotatable bonds is 7. The van der Waals surface area contributed by atoms with Crippen molar-refractivity contribution in [3.8, 4) is 11.5 Å². The highest BCUT2D eigenvalue weighted by atomic mass is 32.2. The summed E-state index contributed by atoms with van der Waals surface area (Å²) in [5.74, 6) is 1.20. The molecule has 1 fully saturated rings. The van der Waals surface area contributed by atoms with Crippen molar-refractivity contribution >= 4 is 22.0 Å². The first-order valence-corrected chi connectivity index (χ1v) is 10.5. The molecule has 0 aromatic heterocycles. The van der Waals surface area contributed by atoms with Crippen molar-refractivity contribution in [1.82, 2.24) is 9.62 Å². The van der Waals surface area contributed by atoms with Crippen molar-refractivity contribution < 1.29 is 22.7 Å². The molecule has 1 amide bonds. The van der Waals surface area contributed by atoms with Gasteiger partial charge in [0.1, 0.15) is 0 Å². The van der Waals surface area contributed by atoms with Crippen molar-refractivity contribution in [2.24, 2.45) is 0 Å². The molecule has 1 aromatic rings. The topological polar surface area (TPSA) is 84.9 Å². The fraction of sp³-hybridized carbons (Fsp3) is 0.500. The number of likely N-dealkylation sites (tertiary alicyclic amines) is 1. The maximum absolute atomic E-state index is 12.3. The quantitative estimate of drug-likeness (QED) is 0.725. The molecule has 1 heterocycles. The molecule has 0 saturated carbocycles. The summed E-state index contributed by atoms with van der Waals surface area (Å²) in [6, 6.07) is 5.39. The van der Waals surface area contributed by atoms with Crippen molar-refractivity contribution in [2.75, 3.05) is 33.1 Å². The van der Waals surface area contributed by atoms with Crippen molar-refractivity contribution in [3.63, 3.8) is 0 Å². The predicted molar refractivity (Wildman–Crippen MR) is 101 cm³/mol. The number of methoxy groups -OCH3 is 1. The second-order valence-electron chi connectivity index (χ2n) is 6.17.